The van der Waals surface area contributed by atoms with Crippen LogP contribution < -0.4 is 4.90 Å². The quantitative estimate of drug-likeness (QED) is 0.873. The van der Waals surface area contributed by atoms with Crippen molar-refractivity contribution in [3.8, 4) is 0 Å². The van der Waals surface area contributed by atoms with Gasteiger partial charge in [0.1, 0.15) is 0 Å². The van der Waals surface area contributed by atoms with E-state index in [1.54, 1.807) is 0 Å². The summed E-state index contributed by atoms with van der Waals surface area (Å²) in [6, 6.07) is 8.15. The second-order valence-corrected chi connectivity index (χ2v) is 4.44. The van der Waals surface area contributed by atoms with Gasteiger partial charge in [-0.3, -0.25) is 0 Å². The highest BCUT2D eigenvalue weighted by molar-refractivity contribution is 5.54. The number of hydrogen-bond donors (Lipinski definition) is 1. The molecule has 17 heavy (non-hydrogen) atoms. The summed E-state index contributed by atoms with van der Waals surface area (Å²) in [5, 5.41) is 10.1. The van der Waals surface area contributed by atoms with Gasteiger partial charge < -0.3 is 14.7 Å². The van der Waals surface area contributed by atoms with Gasteiger partial charge in [0.05, 0.1) is 12.7 Å². The minimum atomic E-state index is -0.365. The summed E-state index contributed by atoms with van der Waals surface area (Å²) >= 11 is 0. The molecule has 1 saturated heterocycles. The van der Waals surface area contributed by atoms with Gasteiger partial charge in [-0.2, -0.15) is 0 Å². The first-order chi connectivity index (χ1) is 8.33. The summed E-state index contributed by atoms with van der Waals surface area (Å²) in [6.07, 6.45) is 1.44. The standard InChI is InChI=1S/C14H21NO2/c1-2-14(16)12-6-3-4-7-13(12)15-8-5-10-17-11-9-15/h3-4,6-7,14,16H,2,5,8-11H2,1H3/t14-/m0/s1. The zero-order valence-corrected chi connectivity index (χ0v) is 10.4. The zero-order chi connectivity index (χ0) is 12.1. The van der Waals surface area contributed by atoms with E-state index in [9.17, 15) is 5.11 Å². The van der Waals surface area contributed by atoms with Crippen molar-refractivity contribution >= 4 is 5.69 Å². The van der Waals surface area contributed by atoms with Crippen molar-refractivity contribution in [3.63, 3.8) is 0 Å². The van der Waals surface area contributed by atoms with Gasteiger partial charge in [0.25, 0.3) is 0 Å². The Hall–Kier alpha value is -1.06. The molecule has 0 bridgehead atoms. The van der Waals surface area contributed by atoms with Crippen LogP contribution in [0.4, 0.5) is 5.69 Å². The summed E-state index contributed by atoms with van der Waals surface area (Å²) in [5.74, 6) is 0. The highest BCUT2D eigenvalue weighted by Crippen LogP contribution is 2.28. The van der Waals surface area contributed by atoms with Gasteiger partial charge in [-0.05, 0) is 18.9 Å². The van der Waals surface area contributed by atoms with Crippen LogP contribution in [0.2, 0.25) is 0 Å². The Morgan fingerprint density at radius 3 is 2.94 bits per heavy atom. The Bertz CT molecular complexity index is 346. The van der Waals surface area contributed by atoms with Gasteiger partial charge in [-0.25, -0.2) is 0 Å². The van der Waals surface area contributed by atoms with Crippen LogP contribution in [0.15, 0.2) is 24.3 Å². The molecule has 1 aliphatic rings. The first-order valence-corrected chi connectivity index (χ1v) is 6.42. The third kappa shape index (κ3) is 2.99. The number of anilines is 1. The lowest BCUT2D eigenvalue weighted by atomic mass is 10.0. The Morgan fingerprint density at radius 1 is 1.29 bits per heavy atom. The monoisotopic (exact) mass is 235 g/mol. The number of nitrogens with zero attached hydrogens (tertiary/aromatic N) is 1. The molecule has 0 amide bonds. The number of hydrogen-bond acceptors (Lipinski definition) is 3. The molecular formula is C14H21NO2. The van der Waals surface area contributed by atoms with Crippen molar-refractivity contribution in [1.29, 1.82) is 0 Å². The SMILES string of the molecule is CC[C@H](O)c1ccccc1N1CCCOCC1. The Balaban J connectivity index is 2.23. The maximum atomic E-state index is 10.1. The third-order valence-corrected chi connectivity index (χ3v) is 3.25. The number of aliphatic hydroxyl groups excluding tert-OH is 1. The average molecular weight is 235 g/mol. The van der Waals surface area contributed by atoms with E-state index in [0.29, 0.717) is 0 Å². The van der Waals surface area contributed by atoms with Gasteiger partial charge in [-0.15, -0.1) is 0 Å². The van der Waals surface area contributed by atoms with Crippen LogP contribution >= 0.6 is 0 Å². The summed E-state index contributed by atoms with van der Waals surface area (Å²) in [7, 11) is 0. The minimum absolute atomic E-state index is 0.365. The third-order valence-electron chi connectivity index (χ3n) is 3.25. The molecule has 0 radical (unpaired) electrons. The van der Waals surface area contributed by atoms with Crippen molar-refractivity contribution in [1.82, 2.24) is 0 Å². The number of ether oxygens (including phenoxy) is 1. The van der Waals surface area contributed by atoms with Crippen LogP contribution in [0.5, 0.6) is 0 Å². The molecule has 1 aromatic carbocycles. The maximum Gasteiger partial charge on any atom is 0.0807 e. The highest BCUT2D eigenvalue weighted by Gasteiger charge is 2.16. The molecule has 0 unspecified atom stereocenters. The molecule has 0 saturated carbocycles. The topological polar surface area (TPSA) is 32.7 Å². The zero-order valence-electron chi connectivity index (χ0n) is 10.4. The van der Waals surface area contributed by atoms with Gasteiger partial charge >= 0.3 is 0 Å². The van der Waals surface area contributed by atoms with Crippen molar-refractivity contribution in [2.75, 3.05) is 31.2 Å². The first kappa shape index (κ1) is 12.4. The van der Waals surface area contributed by atoms with Gasteiger partial charge in [0.2, 0.25) is 0 Å². The van der Waals surface area contributed by atoms with Crippen molar-refractivity contribution < 1.29 is 9.84 Å². The molecule has 94 valence electrons. The molecule has 3 nitrogen and oxygen atoms in total. The first-order valence-electron chi connectivity index (χ1n) is 6.42. The lowest BCUT2D eigenvalue weighted by Gasteiger charge is -2.26. The molecule has 0 aromatic heterocycles. The van der Waals surface area contributed by atoms with Crippen LogP contribution in [0, 0.1) is 0 Å². The number of para-hydroxylation sites is 1. The predicted octanol–water partition coefficient (Wildman–Crippen LogP) is 2.36. The van der Waals surface area contributed by atoms with E-state index < -0.39 is 0 Å². The van der Waals surface area contributed by atoms with E-state index in [4.69, 9.17) is 4.74 Å². The highest BCUT2D eigenvalue weighted by atomic mass is 16.5. The van der Waals surface area contributed by atoms with E-state index in [2.05, 4.69) is 11.0 Å². The smallest absolute Gasteiger partial charge is 0.0807 e. The van der Waals surface area contributed by atoms with Gasteiger partial charge in [0, 0.05) is 30.9 Å². The molecule has 2 rings (SSSR count). The molecule has 1 atom stereocenters. The Labute approximate surface area is 103 Å². The van der Waals surface area contributed by atoms with Crippen LogP contribution in [-0.4, -0.2) is 31.4 Å². The lowest BCUT2D eigenvalue weighted by Crippen LogP contribution is -2.27. The molecule has 1 heterocycles. The fraction of sp³-hybridized carbons (Fsp3) is 0.571. The van der Waals surface area contributed by atoms with E-state index in [-0.39, 0.29) is 6.10 Å². The molecule has 0 spiro atoms. The predicted molar refractivity (Wildman–Crippen MR) is 69.3 cm³/mol. The number of rotatable bonds is 3. The van der Waals surface area contributed by atoms with Crippen LogP contribution in [0.3, 0.4) is 0 Å². The van der Waals surface area contributed by atoms with Crippen molar-refractivity contribution in [2.45, 2.75) is 25.9 Å². The van der Waals surface area contributed by atoms with E-state index in [1.807, 2.05) is 25.1 Å². The summed E-state index contributed by atoms with van der Waals surface area (Å²) in [6.45, 7) is 5.54. The average Bonchev–Trinajstić information content (AvgIpc) is 2.66. The normalized spacial score (nSPS) is 18.8. The van der Waals surface area contributed by atoms with E-state index in [0.717, 1.165) is 50.4 Å². The van der Waals surface area contributed by atoms with E-state index in [1.165, 1.54) is 0 Å². The minimum Gasteiger partial charge on any atom is -0.388 e. The van der Waals surface area contributed by atoms with Crippen molar-refractivity contribution in [2.24, 2.45) is 0 Å². The summed E-state index contributed by atoms with van der Waals surface area (Å²) in [4.78, 5) is 2.32. The number of benzene rings is 1. The molecule has 1 aromatic rings. The fourth-order valence-electron chi connectivity index (χ4n) is 2.26. The second-order valence-electron chi connectivity index (χ2n) is 4.44. The van der Waals surface area contributed by atoms with Gasteiger partial charge in [-0.1, -0.05) is 25.1 Å². The number of aliphatic hydroxyl groups is 1. The van der Waals surface area contributed by atoms with Crippen LogP contribution in [0.1, 0.15) is 31.4 Å². The summed E-state index contributed by atoms with van der Waals surface area (Å²) in [5.41, 5.74) is 2.20. The maximum absolute atomic E-state index is 10.1. The van der Waals surface area contributed by atoms with Crippen LogP contribution in [0.25, 0.3) is 0 Å². The summed E-state index contributed by atoms with van der Waals surface area (Å²) < 4.78 is 5.47. The molecule has 0 aliphatic carbocycles. The lowest BCUT2D eigenvalue weighted by molar-refractivity contribution is 0.152. The van der Waals surface area contributed by atoms with Crippen molar-refractivity contribution in [3.05, 3.63) is 29.8 Å². The Kier molecular flexibility index (Phi) is 4.40. The van der Waals surface area contributed by atoms with Crippen LogP contribution in [-0.2, 0) is 4.74 Å². The van der Waals surface area contributed by atoms with E-state index >= 15 is 0 Å². The molecule has 1 aliphatic heterocycles. The molecule has 3 heteroatoms. The Morgan fingerprint density at radius 2 is 2.12 bits per heavy atom. The fourth-order valence-corrected chi connectivity index (χ4v) is 2.26. The molecule has 1 fully saturated rings. The molecule has 1 N–H and O–H groups in total. The second kappa shape index (κ2) is 6.03. The van der Waals surface area contributed by atoms with Gasteiger partial charge in [0.15, 0.2) is 0 Å². The molecular weight excluding hydrogens is 214 g/mol. The largest absolute Gasteiger partial charge is 0.388 e.